The van der Waals surface area contributed by atoms with Crippen LogP contribution in [0.2, 0.25) is 0 Å². The summed E-state index contributed by atoms with van der Waals surface area (Å²) in [4.78, 5) is 4.52. The van der Waals surface area contributed by atoms with Crippen molar-refractivity contribution < 1.29 is 9.26 Å². The fraction of sp³-hybridized carbons (Fsp3) is 0.846. The van der Waals surface area contributed by atoms with E-state index in [4.69, 9.17) is 15.0 Å². The largest absolute Gasteiger partial charge is 0.374 e. The fourth-order valence-electron chi connectivity index (χ4n) is 3.03. The monoisotopic (exact) mass is 251 g/mol. The molecule has 0 aliphatic carbocycles. The highest BCUT2D eigenvalue weighted by Crippen LogP contribution is 2.43. The zero-order chi connectivity index (χ0) is 12.4. The van der Waals surface area contributed by atoms with E-state index in [2.05, 4.69) is 10.1 Å². The highest BCUT2D eigenvalue weighted by atomic mass is 16.5. The molecule has 1 aromatic rings. The summed E-state index contributed by atoms with van der Waals surface area (Å²) in [5.74, 6) is 1.99. The molecule has 0 spiro atoms. The van der Waals surface area contributed by atoms with Crippen LogP contribution in [0.4, 0.5) is 0 Å². The summed E-state index contributed by atoms with van der Waals surface area (Å²) in [6.07, 6.45) is 8.33. The van der Waals surface area contributed by atoms with Gasteiger partial charge in [0.2, 0.25) is 5.89 Å². The Morgan fingerprint density at radius 1 is 1.22 bits per heavy atom. The van der Waals surface area contributed by atoms with E-state index in [0.717, 1.165) is 56.8 Å². The number of hydrogen-bond donors (Lipinski definition) is 1. The molecule has 0 amide bonds. The summed E-state index contributed by atoms with van der Waals surface area (Å²) in [5.41, 5.74) is 5.46. The molecule has 3 atom stereocenters. The Bertz CT molecular complexity index is 393. The van der Waals surface area contributed by atoms with E-state index in [1.54, 1.807) is 0 Å². The fourth-order valence-corrected chi connectivity index (χ4v) is 3.03. The third-order valence-electron chi connectivity index (χ3n) is 4.02. The second-order valence-electron chi connectivity index (χ2n) is 5.36. The second kappa shape index (κ2) is 5.36. The van der Waals surface area contributed by atoms with Gasteiger partial charge >= 0.3 is 0 Å². The standard InChI is InChI=1S/C13H21N3O2/c14-7-3-1-2-4-12-15-13(16-18-12)10-8-9-5-6-11(10)17-9/h9-11H,1-8,14H2. The molecule has 18 heavy (non-hydrogen) atoms. The summed E-state index contributed by atoms with van der Waals surface area (Å²) >= 11 is 0. The molecular weight excluding hydrogens is 230 g/mol. The molecule has 1 aromatic heterocycles. The van der Waals surface area contributed by atoms with Crippen molar-refractivity contribution in [3.8, 4) is 0 Å². The first-order chi connectivity index (χ1) is 8.86. The van der Waals surface area contributed by atoms with Gasteiger partial charge in [0, 0.05) is 6.42 Å². The molecule has 100 valence electrons. The van der Waals surface area contributed by atoms with Crippen molar-refractivity contribution in [2.75, 3.05) is 6.54 Å². The summed E-state index contributed by atoms with van der Waals surface area (Å²) in [7, 11) is 0. The molecule has 3 rings (SSSR count). The highest BCUT2D eigenvalue weighted by molar-refractivity contribution is 5.06. The number of aryl methyl sites for hydroxylation is 1. The Hall–Kier alpha value is -0.940. The van der Waals surface area contributed by atoms with E-state index < -0.39 is 0 Å². The van der Waals surface area contributed by atoms with Crippen molar-refractivity contribution in [1.29, 1.82) is 0 Å². The molecule has 0 saturated carbocycles. The number of rotatable bonds is 6. The molecule has 2 aliphatic rings. The van der Waals surface area contributed by atoms with Crippen molar-refractivity contribution in [2.24, 2.45) is 5.73 Å². The van der Waals surface area contributed by atoms with E-state index in [1.165, 1.54) is 6.42 Å². The van der Waals surface area contributed by atoms with Gasteiger partial charge in [-0.15, -0.1) is 0 Å². The average molecular weight is 251 g/mol. The van der Waals surface area contributed by atoms with Gasteiger partial charge in [-0.05, 0) is 38.6 Å². The van der Waals surface area contributed by atoms with Crippen molar-refractivity contribution >= 4 is 0 Å². The van der Waals surface area contributed by atoms with Crippen LogP contribution in [0.5, 0.6) is 0 Å². The number of ether oxygens (including phenoxy) is 1. The van der Waals surface area contributed by atoms with Crippen LogP contribution in [-0.2, 0) is 11.2 Å². The second-order valence-corrected chi connectivity index (χ2v) is 5.36. The number of aromatic nitrogens is 2. The SMILES string of the molecule is NCCCCCc1nc(C2CC3CCC2O3)no1. The lowest BCUT2D eigenvalue weighted by molar-refractivity contribution is 0.0996. The molecule has 2 saturated heterocycles. The lowest BCUT2D eigenvalue weighted by Crippen LogP contribution is -2.15. The van der Waals surface area contributed by atoms with Gasteiger partial charge in [-0.25, -0.2) is 0 Å². The van der Waals surface area contributed by atoms with E-state index in [1.807, 2.05) is 0 Å². The maximum absolute atomic E-state index is 5.83. The van der Waals surface area contributed by atoms with Crippen molar-refractivity contribution in [3.63, 3.8) is 0 Å². The van der Waals surface area contributed by atoms with Crippen LogP contribution in [0.3, 0.4) is 0 Å². The lowest BCUT2D eigenvalue weighted by atomic mass is 9.89. The molecule has 3 heterocycles. The van der Waals surface area contributed by atoms with E-state index in [-0.39, 0.29) is 0 Å². The molecule has 2 N–H and O–H groups in total. The van der Waals surface area contributed by atoms with Gasteiger partial charge in [-0.2, -0.15) is 4.98 Å². The van der Waals surface area contributed by atoms with Crippen molar-refractivity contribution in [3.05, 3.63) is 11.7 Å². The van der Waals surface area contributed by atoms with Gasteiger partial charge < -0.3 is 15.0 Å². The lowest BCUT2D eigenvalue weighted by Gasteiger charge is -2.13. The molecule has 2 fully saturated rings. The number of nitrogens with zero attached hydrogens (tertiary/aromatic N) is 2. The van der Waals surface area contributed by atoms with Crippen LogP contribution in [0, 0.1) is 0 Å². The first-order valence-electron chi connectivity index (χ1n) is 7.05. The van der Waals surface area contributed by atoms with Crippen molar-refractivity contribution in [2.45, 2.75) is 63.1 Å². The zero-order valence-corrected chi connectivity index (χ0v) is 10.7. The van der Waals surface area contributed by atoms with Gasteiger partial charge in [0.1, 0.15) is 0 Å². The minimum atomic E-state index is 0.331. The Labute approximate surface area is 107 Å². The Balaban J connectivity index is 1.53. The van der Waals surface area contributed by atoms with Crippen LogP contribution < -0.4 is 5.73 Å². The van der Waals surface area contributed by atoms with E-state index in [0.29, 0.717) is 18.1 Å². The average Bonchev–Trinajstić information content (AvgIpc) is 3.09. The third kappa shape index (κ3) is 2.42. The van der Waals surface area contributed by atoms with Gasteiger partial charge in [0.25, 0.3) is 0 Å². The predicted molar refractivity (Wildman–Crippen MR) is 66.2 cm³/mol. The summed E-state index contributed by atoms with van der Waals surface area (Å²) < 4.78 is 11.1. The number of hydrogen-bond acceptors (Lipinski definition) is 5. The molecule has 5 heteroatoms. The van der Waals surface area contributed by atoms with Crippen LogP contribution >= 0.6 is 0 Å². The maximum atomic E-state index is 5.83. The summed E-state index contributed by atoms with van der Waals surface area (Å²) in [6, 6.07) is 0. The first-order valence-corrected chi connectivity index (χ1v) is 7.05. The molecule has 0 radical (unpaired) electrons. The van der Waals surface area contributed by atoms with Crippen LogP contribution in [0.25, 0.3) is 0 Å². The molecule has 0 aromatic carbocycles. The Kier molecular flexibility index (Phi) is 3.61. The van der Waals surface area contributed by atoms with Crippen LogP contribution in [-0.4, -0.2) is 28.9 Å². The summed E-state index contributed by atoms with van der Waals surface area (Å²) in [5, 5.41) is 4.13. The van der Waals surface area contributed by atoms with Gasteiger partial charge in [-0.1, -0.05) is 11.6 Å². The van der Waals surface area contributed by atoms with Crippen LogP contribution in [0.15, 0.2) is 4.52 Å². The Morgan fingerprint density at radius 3 is 2.89 bits per heavy atom. The van der Waals surface area contributed by atoms with Gasteiger partial charge in [0.05, 0.1) is 18.1 Å². The molecular formula is C13H21N3O2. The maximum Gasteiger partial charge on any atom is 0.226 e. The minimum absolute atomic E-state index is 0.331. The number of fused-ring (bicyclic) bond motifs is 2. The first kappa shape index (κ1) is 12.1. The van der Waals surface area contributed by atoms with E-state index in [9.17, 15) is 0 Å². The zero-order valence-electron chi connectivity index (χ0n) is 10.7. The van der Waals surface area contributed by atoms with Crippen LogP contribution in [0.1, 0.15) is 56.2 Å². The highest BCUT2D eigenvalue weighted by Gasteiger charge is 2.43. The van der Waals surface area contributed by atoms with Crippen molar-refractivity contribution in [1.82, 2.24) is 10.1 Å². The van der Waals surface area contributed by atoms with E-state index >= 15 is 0 Å². The third-order valence-corrected chi connectivity index (χ3v) is 4.02. The predicted octanol–water partition coefficient (Wildman–Crippen LogP) is 1.78. The normalized spacial score (nSPS) is 30.2. The molecule has 3 unspecified atom stereocenters. The minimum Gasteiger partial charge on any atom is -0.374 e. The molecule has 5 nitrogen and oxygen atoms in total. The quantitative estimate of drug-likeness (QED) is 0.780. The molecule has 2 aliphatic heterocycles. The smallest absolute Gasteiger partial charge is 0.226 e. The Morgan fingerprint density at radius 2 is 2.17 bits per heavy atom. The van der Waals surface area contributed by atoms with Gasteiger partial charge in [-0.3, -0.25) is 0 Å². The summed E-state index contributed by atoms with van der Waals surface area (Å²) in [6.45, 7) is 0.761. The number of nitrogens with two attached hydrogens (primary N) is 1. The molecule has 2 bridgehead atoms. The number of unbranched alkanes of at least 4 members (excludes halogenated alkanes) is 2. The van der Waals surface area contributed by atoms with Gasteiger partial charge in [0.15, 0.2) is 5.82 Å². The topological polar surface area (TPSA) is 74.2 Å².